The van der Waals surface area contributed by atoms with Gasteiger partial charge >= 0.3 is 0 Å². The fraction of sp³-hybridized carbons (Fsp3) is 0.143. The summed E-state index contributed by atoms with van der Waals surface area (Å²) in [7, 11) is 0. The van der Waals surface area contributed by atoms with Gasteiger partial charge in [0.25, 0.3) is 0 Å². The van der Waals surface area contributed by atoms with Gasteiger partial charge in [-0.15, -0.1) is 0 Å². The van der Waals surface area contributed by atoms with Crippen molar-refractivity contribution < 1.29 is 0 Å². The van der Waals surface area contributed by atoms with Crippen molar-refractivity contribution >= 4 is 22.6 Å². The van der Waals surface area contributed by atoms with Crippen molar-refractivity contribution in [2.24, 2.45) is 0 Å². The molecule has 3 heteroatoms. The first-order chi connectivity index (χ1) is 4.83. The van der Waals surface area contributed by atoms with Crippen molar-refractivity contribution in [3.05, 3.63) is 27.6 Å². The first-order valence-electron chi connectivity index (χ1n) is 2.80. The molecule has 0 N–H and O–H groups in total. The molecule has 0 aromatic carbocycles. The van der Waals surface area contributed by atoms with E-state index in [1.807, 2.05) is 18.2 Å². The fourth-order valence-corrected chi connectivity index (χ4v) is 0.911. The summed E-state index contributed by atoms with van der Waals surface area (Å²) in [6.07, 6.45) is 2.16. The molecule has 0 atom stereocenters. The summed E-state index contributed by atoms with van der Waals surface area (Å²) in [6, 6.07) is 5.85. The highest BCUT2D eigenvalue weighted by atomic mass is 127. The van der Waals surface area contributed by atoms with E-state index in [9.17, 15) is 0 Å². The maximum atomic E-state index is 8.30. The average Bonchev–Trinajstić information content (AvgIpc) is 1.95. The van der Waals surface area contributed by atoms with E-state index in [-0.39, 0.29) is 0 Å². The van der Waals surface area contributed by atoms with Crippen LogP contribution in [0, 0.1) is 14.9 Å². The third-order valence-electron chi connectivity index (χ3n) is 1.05. The van der Waals surface area contributed by atoms with E-state index in [0.717, 1.165) is 9.26 Å². The molecular weight excluding hydrogens is 239 g/mol. The Balaban J connectivity index is 2.81. The molecule has 1 aromatic rings. The summed E-state index contributed by atoms with van der Waals surface area (Å²) in [4.78, 5) is 4.04. The lowest BCUT2D eigenvalue weighted by Crippen LogP contribution is -1.86. The maximum absolute atomic E-state index is 8.30. The lowest BCUT2D eigenvalue weighted by atomic mass is 10.3. The van der Waals surface area contributed by atoms with Crippen LogP contribution in [-0.2, 0) is 6.42 Å². The number of nitriles is 1. The van der Waals surface area contributed by atoms with Gasteiger partial charge in [0.15, 0.2) is 0 Å². The Labute approximate surface area is 73.0 Å². The third-order valence-corrected chi connectivity index (χ3v) is 1.69. The number of pyridine rings is 1. The van der Waals surface area contributed by atoms with Crippen LogP contribution in [0.25, 0.3) is 0 Å². The summed E-state index contributed by atoms with van der Waals surface area (Å²) in [5.41, 5.74) is 0.836. The van der Waals surface area contributed by atoms with Gasteiger partial charge in [0, 0.05) is 9.77 Å². The number of rotatable bonds is 1. The number of hydrogen-bond acceptors (Lipinski definition) is 2. The molecular formula is C7H5IN2. The van der Waals surface area contributed by atoms with Crippen molar-refractivity contribution in [1.29, 1.82) is 5.26 Å². The third kappa shape index (κ3) is 1.95. The highest BCUT2D eigenvalue weighted by Gasteiger charge is 1.90. The number of halogens is 1. The lowest BCUT2D eigenvalue weighted by Gasteiger charge is -1.91. The van der Waals surface area contributed by atoms with Crippen molar-refractivity contribution in [3.8, 4) is 6.07 Å². The summed E-state index contributed by atoms with van der Waals surface area (Å²) in [6.45, 7) is 0. The van der Waals surface area contributed by atoms with Crippen LogP contribution in [0.4, 0.5) is 0 Å². The van der Waals surface area contributed by atoms with Gasteiger partial charge in [-0.25, -0.2) is 0 Å². The Kier molecular flexibility index (Phi) is 2.63. The number of nitrogens with zero attached hydrogens (tertiary/aromatic N) is 2. The Morgan fingerprint density at radius 3 is 2.90 bits per heavy atom. The molecule has 0 saturated carbocycles. The van der Waals surface area contributed by atoms with E-state index >= 15 is 0 Å². The van der Waals surface area contributed by atoms with Gasteiger partial charge < -0.3 is 0 Å². The largest absolute Gasteiger partial charge is 0.259 e. The van der Waals surface area contributed by atoms with Gasteiger partial charge in [-0.05, 0) is 34.7 Å². The van der Waals surface area contributed by atoms with E-state index in [1.165, 1.54) is 0 Å². The molecule has 0 aliphatic heterocycles. The van der Waals surface area contributed by atoms with Crippen molar-refractivity contribution in [2.75, 3.05) is 0 Å². The minimum absolute atomic E-state index is 0.400. The molecule has 1 heterocycles. The molecule has 2 nitrogen and oxygen atoms in total. The highest BCUT2D eigenvalue weighted by molar-refractivity contribution is 14.1. The molecule has 1 rings (SSSR count). The first kappa shape index (κ1) is 7.48. The molecule has 0 radical (unpaired) electrons. The van der Waals surface area contributed by atoms with Crippen LogP contribution in [0.15, 0.2) is 18.3 Å². The van der Waals surface area contributed by atoms with E-state index in [0.29, 0.717) is 6.42 Å². The molecule has 0 fully saturated rings. The van der Waals surface area contributed by atoms with Crippen LogP contribution in [-0.4, -0.2) is 4.98 Å². The molecule has 1 aromatic heterocycles. The second-order valence-corrected chi connectivity index (χ2v) is 3.05. The van der Waals surface area contributed by atoms with Crippen molar-refractivity contribution in [3.63, 3.8) is 0 Å². The monoisotopic (exact) mass is 244 g/mol. The van der Waals surface area contributed by atoms with Crippen LogP contribution >= 0.6 is 22.6 Å². The molecule has 0 bridgehead atoms. The topological polar surface area (TPSA) is 36.7 Å². The Hall–Kier alpha value is -0.630. The van der Waals surface area contributed by atoms with Gasteiger partial charge in [-0.1, -0.05) is 0 Å². The second kappa shape index (κ2) is 3.52. The normalized spacial score (nSPS) is 8.80. The van der Waals surface area contributed by atoms with Crippen LogP contribution in [0.1, 0.15) is 5.69 Å². The van der Waals surface area contributed by atoms with Crippen molar-refractivity contribution in [2.45, 2.75) is 6.42 Å². The van der Waals surface area contributed by atoms with Gasteiger partial charge in [-0.2, -0.15) is 5.26 Å². The molecule has 50 valence electrons. The smallest absolute Gasteiger partial charge is 0.0774 e. The summed E-state index contributed by atoms with van der Waals surface area (Å²) in [5.74, 6) is 0. The summed E-state index contributed by atoms with van der Waals surface area (Å²) < 4.78 is 1.10. The molecule has 0 saturated heterocycles. The zero-order valence-corrected chi connectivity index (χ0v) is 7.37. The van der Waals surface area contributed by atoms with Crippen molar-refractivity contribution in [1.82, 2.24) is 4.98 Å². The van der Waals surface area contributed by atoms with Crippen LogP contribution in [0.3, 0.4) is 0 Å². The van der Waals surface area contributed by atoms with E-state index in [2.05, 4.69) is 27.6 Å². The zero-order valence-electron chi connectivity index (χ0n) is 5.21. The Morgan fingerprint density at radius 2 is 2.40 bits per heavy atom. The van der Waals surface area contributed by atoms with Crippen LogP contribution < -0.4 is 0 Å². The quantitative estimate of drug-likeness (QED) is 0.705. The molecule has 0 spiro atoms. The zero-order chi connectivity index (χ0) is 7.40. The summed E-state index contributed by atoms with van der Waals surface area (Å²) in [5, 5.41) is 8.30. The van der Waals surface area contributed by atoms with E-state index < -0.39 is 0 Å². The first-order valence-corrected chi connectivity index (χ1v) is 3.88. The Bertz CT molecular complexity index is 247. The average molecular weight is 244 g/mol. The molecule has 0 amide bonds. The second-order valence-electron chi connectivity index (χ2n) is 1.80. The molecule has 0 aliphatic rings. The van der Waals surface area contributed by atoms with Crippen LogP contribution in [0.5, 0.6) is 0 Å². The number of aromatic nitrogens is 1. The summed E-state index contributed by atoms with van der Waals surface area (Å²) >= 11 is 2.18. The Morgan fingerprint density at radius 1 is 1.60 bits per heavy atom. The minimum Gasteiger partial charge on any atom is -0.259 e. The van der Waals surface area contributed by atoms with E-state index in [4.69, 9.17) is 5.26 Å². The SMILES string of the molecule is N#CCc1ccc(I)cn1. The van der Waals surface area contributed by atoms with Gasteiger partial charge in [0.2, 0.25) is 0 Å². The minimum atomic E-state index is 0.400. The molecule has 10 heavy (non-hydrogen) atoms. The van der Waals surface area contributed by atoms with Crippen LogP contribution in [0.2, 0.25) is 0 Å². The molecule has 0 unspecified atom stereocenters. The number of hydrogen-bond donors (Lipinski definition) is 0. The van der Waals surface area contributed by atoms with E-state index in [1.54, 1.807) is 6.20 Å². The fourth-order valence-electron chi connectivity index (χ4n) is 0.592. The predicted octanol–water partition coefficient (Wildman–Crippen LogP) is 1.75. The van der Waals surface area contributed by atoms with Gasteiger partial charge in [-0.3, -0.25) is 4.98 Å². The predicted molar refractivity (Wildman–Crippen MR) is 46.3 cm³/mol. The lowest BCUT2D eigenvalue weighted by molar-refractivity contribution is 1.11. The van der Waals surface area contributed by atoms with Gasteiger partial charge in [0.05, 0.1) is 18.2 Å². The molecule has 0 aliphatic carbocycles. The highest BCUT2D eigenvalue weighted by Crippen LogP contribution is 2.02. The maximum Gasteiger partial charge on any atom is 0.0774 e. The standard InChI is InChI=1S/C7H5IN2/c8-6-1-2-7(3-4-9)10-5-6/h1-2,5H,3H2. The van der Waals surface area contributed by atoms with Gasteiger partial charge in [0.1, 0.15) is 0 Å².